The molecule has 3 nitrogen and oxygen atoms in total. The largest absolute Gasteiger partial charge is 0.455 e. The molecule has 0 atom stereocenters. The van der Waals surface area contributed by atoms with Crippen LogP contribution in [0.5, 0.6) is 0 Å². The van der Waals surface area contributed by atoms with Crippen LogP contribution in [0.1, 0.15) is 0 Å². The molecule has 0 N–H and O–H groups in total. The van der Waals surface area contributed by atoms with Crippen molar-refractivity contribution in [3.8, 4) is 39.1 Å². The van der Waals surface area contributed by atoms with Gasteiger partial charge in [0.25, 0.3) is 0 Å². The Kier molecular flexibility index (Phi) is 7.82. The Morgan fingerprint density at radius 3 is 1.75 bits per heavy atom. The summed E-state index contributed by atoms with van der Waals surface area (Å²) >= 11 is 0. The highest BCUT2D eigenvalue weighted by atomic mass is 16.3. The Labute approximate surface area is 330 Å². The average Bonchev–Trinajstić information content (AvgIpc) is 3.83. The Hall–Kier alpha value is -7.62. The van der Waals surface area contributed by atoms with Crippen LogP contribution in [0, 0.1) is 0 Å². The average molecular weight is 729 g/mol. The molecule has 0 aliphatic carbocycles. The van der Waals surface area contributed by atoms with Gasteiger partial charge in [-0.2, -0.15) is 0 Å². The number of anilines is 3. The van der Waals surface area contributed by atoms with Gasteiger partial charge in [-0.25, -0.2) is 0 Å². The fourth-order valence-electron chi connectivity index (χ4n) is 8.60. The first kappa shape index (κ1) is 32.8. The number of hydrogen-bond acceptors (Lipinski definition) is 2. The molecule has 0 amide bonds. The fraction of sp³-hybridized carbons (Fsp3) is 0. The molecule has 9 aromatic carbocycles. The zero-order valence-electron chi connectivity index (χ0n) is 31.1. The molecule has 268 valence electrons. The van der Waals surface area contributed by atoms with Crippen LogP contribution in [0.3, 0.4) is 0 Å². The lowest BCUT2D eigenvalue weighted by molar-refractivity contribution is 0.670. The van der Waals surface area contributed by atoms with Crippen LogP contribution in [-0.2, 0) is 0 Å². The van der Waals surface area contributed by atoms with Gasteiger partial charge in [-0.1, -0.05) is 170 Å². The molecule has 57 heavy (non-hydrogen) atoms. The van der Waals surface area contributed by atoms with Gasteiger partial charge >= 0.3 is 0 Å². The molecule has 11 aromatic rings. The molecule has 2 heterocycles. The van der Waals surface area contributed by atoms with Crippen LogP contribution in [0.25, 0.3) is 82.8 Å². The summed E-state index contributed by atoms with van der Waals surface area (Å²) in [5.74, 6) is 0. The maximum Gasteiger partial charge on any atom is 0.143 e. The van der Waals surface area contributed by atoms with E-state index in [2.05, 4.69) is 222 Å². The lowest BCUT2D eigenvalue weighted by Crippen LogP contribution is -2.11. The zero-order valence-corrected chi connectivity index (χ0v) is 31.1. The van der Waals surface area contributed by atoms with Gasteiger partial charge in [-0.3, -0.25) is 0 Å². The summed E-state index contributed by atoms with van der Waals surface area (Å²) in [4.78, 5) is 2.40. The molecule has 0 fully saturated rings. The van der Waals surface area contributed by atoms with E-state index in [0.717, 1.165) is 61.3 Å². The molecule has 0 aliphatic rings. The van der Waals surface area contributed by atoms with Crippen molar-refractivity contribution in [3.63, 3.8) is 0 Å². The third-order valence-corrected chi connectivity index (χ3v) is 11.2. The van der Waals surface area contributed by atoms with Crippen LogP contribution in [-0.4, -0.2) is 4.57 Å². The third-order valence-electron chi connectivity index (χ3n) is 11.2. The number of benzene rings is 9. The molecule has 0 saturated heterocycles. The highest BCUT2D eigenvalue weighted by Gasteiger charge is 2.22. The monoisotopic (exact) mass is 728 g/mol. The summed E-state index contributed by atoms with van der Waals surface area (Å²) in [5.41, 5.74) is 15.3. The SMILES string of the molecule is c1ccc(-c2ccc(N(c3ccc4c5ccccc5n(-c5ccccc5-c5ccccc5)c4c3)c3ccccc3-c3cccc4c3oc3ccccc34)cc2)cc1. The predicted octanol–water partition coefficient (Wildman–Crippen LogP) is 15.2. The molecule has 0 saturated carbocycles. The smallest absolute Gasteiger partial charge is 0.143 e. The lowest BCUT2D eigenvalue weighted by atomic mass is 9.99. The number of nitrogens with zero attached hydrogens (tertiary/aromatic N) is 2. The first-order valence-electron chi connectivity index (χ1n) is 19.4. The Morgan fingerprint density at radius 1 is 0.351 bits per heavy atom. The van der Waals surface area contributed by atoms with Crippen molar-refractivity contribution in [3.05, 3.63) is 218 Å². The van der Waals surface area contributed by atoms with E-state index >= 15 is 0 Å². The quantitative estimate of drug-likeness (QED) is 0.163. The van der Waals surface area contributed by atoms with Crippen LogP contribution >= 0.6 is 0 Å². The maximum absolute atomic E-state index is 6.63. The fourth-order valence-corrected chi connectivity index (χ4v) is 8.60. The van der Waals surface area contributed by atoms with Gasteiger partial charge in [-0.05, 0) is 65.2 Å². The molecule has 0 aliphatic heterocycles. The Bertz CT molecular complexity index is 3230. The van der Waals surface area contributed by atoms with E-state index in [0.29, 0.717) is 0 Å². The number of rotatable bonds is 7. The predicted molar refractivity (Wildman–Crippen MR) is 239 cm³/mol. The van der Waals surface area contributed by atoms with Crippen molar-refractivity contribution in [1.29, 1.82) is 0 Å². The van der Waals surface area contributed by atoms with Crippen LogP contribution in [0.2, 0.25) is 0 Å². The van der Waals surface area contributed by atoms with E-state index in [-0.39, 0.29) is 0 Å². The minimum atomic E-state index is 0.888. The second-order valence-electron chi connectivity index (χ2n) is 14.5. The first-order valence-corrected chi connectivity index (χ1v) is 19.4. The number of hydrogen-bond donors (Lipinski definition) is 0. The summed E-state index contributed by atoms with van der Waals surface area (Å²) in [6.07, 6.45) is 0. The summed E-state index contributed by atoms with van der Waals surface area (Å²) in [6.45, 7) is 0. The third kappa shape index (κ3) is 5.51. The summed E-state index contributed by atoms with van der Waals surface area (Å²) in [5, 5.41) is 4.66. The molecule has 0 spiro atoms. The maximum atomic E-state index is 6.63. The van der Waals surface area contributed by atoms with Crippen LogP contribution < -0.4 is 4.90 Å². The summed E-state index contributed by atoms with van der Waals surface area (Å²) < 4.78 is 9.07. The molecule has 0 radical (unpaired) electrons. The topological polar surface area (TPSA) is 21.3 Å². The Morgan fingerprint density at radius 2 is 0.930 bits per heavy atom. The van der Waals surface area contributed by atoms with E-state index in [1.807, 2.05) is 6.07 Å². The number of furan rings is 1. The van der Waals surface area contributed by atoms with Crippen molar-refractivity contribution in [2.24, 2.45) is 0 Å². The zero-order chi connectivity index (χ0) is 37.7. The van der Waals surface area contributed by atoms with Gasteiger partial charge < -0.3 is 13.9 Å². The van der Waals surface area contributed by atoms with Gasteiger partial charge in [0.1, 0.15) is 11.2 Å². The van der Waals surface area contributed by atoms with Crippen molar-refractivity contribution in [2.45, 2.75) is 0 Å². The molecule has 3 heteroatoms. The van der Waals surface area contributed by atoms with Gasteiger partial charge in [0.15, 0.2) is 0 Å². The minimum absolute atomic E-state index is 0.888. The minimum Gasteiger partial charge on any atom is -0.455 e. The Balaban J connectivity index is 1.17. The molecule has 2 aromatic heterocycles. The molecule has 0 bridgehead atoms. The van der Waals surface area contributed by atoms with E-state index in [1.54, 1.807) is 0 Å². The highest BCUT2D eigenvalue weighted by molar-refractivity contribution is 6.12. The van der Waals surface area contributed by atoms with Crippen molar-refractivity contribution >= 4 is 60.8 Å². The van der Waals surface area contributed by atoms with E-state index in [1.165, 1.54) is 38.5 Å². The second-order valence-corrected chi connectivity index (χ2v) is 14.5. The standard InChI is InChI=1S/C54H36N2O/c1-3-16-37(17-4-1)38-30-32-40(33-31-38)55(50-27-12-9-22-44(50)47-24-15-25-48-46-23-10-14-29-53(46)57-54(47)48)41-34-35-45-43-21-8-13-28-51(43)56(52(45)36-41)49-26-11-7-20-42(49)39-18-5-2-6-19-39/h1-36H. The van der Waals surface area contributed by atoms with Gasteiger partial charge in [-0.15, -0.1) is 0 Å². The normalized spacial score (nSPS) is 11.5. The number of aromatic nitrogens is 1. The van der Waals surface area contributed by atoms with E-state index in [4.69, 9.17) is 4.42 Å². The molecular weight excluding hydrogens is 693 g/mol. The van der Waals surface area contributed by atoms with Crippen LogP contribution in [0.15, 0.2) is 223 Å². The second kappa shape index (κ2) is 13.6. The first-order chi connectivity index (χ1) is 28.3. The van der Waals surface area contributed by atoms with E-state index in [9.17, 15) is 0 Å². The molecular formula is C54H36N2O. The van der Waals surface area contributed by atoms with Gasteiger partial charge in [0.2, 0.25) is 0 Å². The van der Waals surface area contributed by atoms with E-state index < -0.39 is 0 Å². The number of para-hydroxylation sites is 5. The summed E-state index contributed by atoms with van der Waals surface area (Å²) in [6, 6.07) is 78.1. The van der Waals surface area contributed by atoms with Crippen molar-refractivity contribution in [1.82, 2.24) is 4.57 Å². The van der Waals surface area contributed by atoms with Crippen molar-refractivity contribution < 1.29 is 4.42 Å². The highest BCUT2D eigenvalue weighted by Crippen LogP contribution is 2.46. The van der Waals surface area contributed by atoms with Crippen LogP contribution in [0.4, 0.5) is 17.1 Å². The lowest BCUT2D eigenvalue weighted by Gasteiger charge is -2.28. The summed E-state index contributed by atoms with van der Waals surface area (Å²) in [7, 11) is 0. The molecule has 11 rings (SSSR count). The molecule has 0 unspecified atom stereocenters. The number of fused-ring (bicyclic) bond motifs is 6. The van der Waals surface area contributed by atoms with Gasteiger partial charge in [0.05, 0.1) is 22.4 Å². The van der Waals surface area contributed by atoms with Crippen molar-refractivity contribution in [2.75, 3.05) is 4.90 Å². The van der Waals surface area contributed by atoms with Gasteiger partial charge in [0, 0.05) is 49.6 Å².